The molecule has 2 atom stereocenters. The third-order valence-electron chi connectivity index (χ3n) is 3.38. The van der Waals surface area contributed by atoms with Crippen molar-refractivity contribution in [2.45, 2.75) is 39.1 Å². The minimum Gasteiger partial charge on any atom is -0.769 e. The number of hydrogen-bond donors (Lipinski definition) is 0. The molecule has 1 aliphatic heterocycles. The molecule has 1 aromatic rings. The zero-order chi connectivity index (χ0) is 16.2. The Labute approximate surface area is 133 Å². The van der Waals surface area contributed by atoms with E-state index in [2.05, 4.69) is 0 Å². The van der Waals surface area contributed by atoms with Gasteiger partial charge in [-0.05, 0) is 66.6 Å². The highest BCUT2D eigenvalue weighted by molar-refractivity contribution is 7.82. The predicted octanol–water partition coefficient (Wildman–Crippen LogP) is 2.77. The minimum absolute atomic E-state index is 0.0605. The fraction of sp³-hybridized carbons (Fsp3) is 0.500. The van der Waals surface area contributed by atoms with E-state index in [1.807, 2.05) is 39.0 Å². The van der Waals surface area contributed by atoms with Gasteiger partial charge in [-0.2, -0.15) is 0 Å². The first-order valence-corrected chi connectivity index (χ1v) is 8.31. The van der Waals surface area contributed by atoms with E-state index in [-0.39, 0.29) is 6.10 Å². The number of hydrogen-bond acceptors (Lipinski definition) is 5. The van der Waals surface area contributed by atoms with Gasteiger partial charge in [-0.1, -0.05) is 6.07 Å². The van der Waals surface area contributed by atoms with Crippen molar-refractivity contribution in [2.75, 3.05) is 13.2 Å². The monoisotopic (exact) mass is 325 g/mol. The van der Waals surface area contributed by atoms with Gasteiger partial charge < -0.3 is 18.8 Å². The Hall–Kier alpha value is -1.21. The summed E-state index contributed by atoms with van der Waals surface area (Å²) in [5, 5.41) is 1.13. The average Bonchev–Trinajstić information content (AvgIpc) is 2.77. The van der Waals surface area contributed by atoms with Crippen molar-refractivity contribution in [1.82, 2.24) is 0 Å². The highest BCUT2D eigenvalue weighted by atomic mass is 32.2. The molecular formula is C16H21O5S-. The van der Waals surface area contributed by atoms with Crippen LogP contribution in [0.15, 0.2) is 23.6 Å². The van der Waals surface area contributed by atoms with Crippen LogP contribution in [0.5, 0.6) is 5.75 Å². The van der Waals surface area contributed by atoms with Crippen LogP contribution in [0.3, 0.4) is 0 Å². The number of benzene rings is 1. The third kappa shape index (κ3) is 5.21. The first-order valence-electron chi connectivity index (χ1n) is 7.17. The van der Waals surface area contributed by atoms with E-state index in [9.17, 15) is 8.76 Å². The van der Waals surface area contributed by atoms with E-state index in [0.29, 0.717) is 13.2 Å². The fourth-order valence-corrected chi connectivity index (χ4v) is 2.53. The van der Waals surface area contributed by atoms with Gasteiger partial charge in [-0.3, -0.25) is 4.21 Å². The van der Waals surface area contributed by atoms with E-state index in [1.165, 1.54) is 0 Å². The van der Waals surface area contributed by atoms with Crippen molar-refractivity contribution in [3.8, 4) is 5.75 Å². The average molecular weight is 325 g/mol. The van der Waals surface area contributed by atoms with Crippen LogP contribution in [-0.2, 0) is 20.6 Å². The molecule has 5 nitrogen and oxygen atoms in total. The molecule has 1 fully saturated rings. The molecule has 0 aromatic heterocycles. The summed E-state index contributed by atoms with van der Waals surface area (Å²) in [6.07, 6.45) is 2.39. The lowest BCUT2D eigenvalue weighted by Crippen LogP contribution is -2.22. The zero-order valence-electron chi connectivity index (χ0n) is 13.0. The topological polar surface area (TPSA) is 67.8 Å². The molecule has 1 aromatic carbocycles. The summed E-state index contributed by atoms with van der Waals surface area (Å²) >= 11 is -2.18. The summed E-state index contributed by atoms with van der Waals surface area (Å²) in [5.41, 5.74) is 1.81. The van der Waals surface area contributed by atoms with Gasteiger partial charge in [0.05, 0.1) is 19.3 Å². The number of aryl methyl sites for hydroxylation is 1. The fourth-order valence-electron chi connectivity index (χ4n) is 2.27. The standard InChI is InChI=1S/C16H22O5S/c1-12-10-14(5-4-13(12)7-9-22(17)18)19-8-6-15-11-20-16(2,3)21-15/h4-5,7,9-10,15H,6,8,11H2,1-3H3,(H,17,18)/p-1/b9-7+. The van der Waals surface area contributed by atoms with Crippen molar-refractivity contribution in [2.24, 2.45) is 0 Å². The first-order chi connectivity index (χ1) is 10.4. The molecule has 22 heavy (non-hydrogen) atoms. The minimum atomic E-state index is -2.18. The zero-order valence-corrected chi connectivity index (χ0v) is 13.9. The molecule has 2 rings (SSSR count). The Morgan fingerprint density at radius 3 is 2.86 bits per heavy atom. The van der Waals surface area contributed by atoms with Crippen molar-refractivity contribution < 1.29 is 23.0 Å². The quantitative estimate of drug-likeness (QED) is 0.752. The third-order valence-corrected chi connectivity index (χ3v) is 3.73. The molecule has 0 aliphatic carbocycles. The number of rotatable bonds is 6. The number of ether oxygens (including phenoxy) is 3. The van der Waals surface area contributed by atoms with Crippen LogP contribution in [0.4, 0.5) is 0 Å². The lowest BCUT2D eigenvalue weighted by molar-refractivity contribution is -0.139. The molecule has 0 saturated carbocycles. The Kier molecular flexibility index (Phi) is 5.74. The van der Waals surface area contributed by atoms with Gasteiger partial charge in [0.2, 0.25) is 0 Å². The van der Waals surface area contributed by atoms with Gasteiger partial charge in [0.15, 0.2) is 5.79 Å². The van der Waals surface area contributed by atoms with Crippen LogP contribution in [-0.4, -0.2) is 33.9 Å². The molecule has 2 unspecified atom stereocenters. The van der Waals surface area contributed by atoms with Crippen molar-refractivity contribution >= 4 is 17.2 Å². The maximum absolute atomic E-state index is 10.5. The molecule has 6 heteroatoms. The molecule has 0 radical (unpaired) electrons. The largest absolute Gasteiger partial charge is 0.769 e. The van der Waals surface area contributed by atoms with E-state index in [0.717, 1.165) is 28.7 Å². The van der Waals surface area contributed by atoms with E-state index in [1.54, 1.807) is 6.08 Å². The highest BCUT2D eigenvalue weighted by Gasteiger charge is 2.32. The van der Waals surface area contributed by atoms with Gasteiger partial charge in [0.1, 0.15) is 5.75 Å². The second-order valence-electron chi connectivity index (χ2n) is 5.67. The van der Waals surface area contributed by atoms with Crippen LogP contribution in [0.1, 0.15) is 31.4 Å². The predicted molar refractivity (Wildman–Crippen MR) is 84.1 cm³/mol. The molecule has 1 saturated heterocycles. The second kappa shape index (κ2) is 7.37. The molecule has 0 N–H and O–H groups in total. The maximum Gasteiger partial charge on any atom is 0.163 e. The highest BCUT2D eigenvalue weighted by Crippen LogP contribution is 2.24. The van der Waals surface area contributed by atoms with Crippen LogP contribution in [0.25, 0.3) is 6.08 Å². The molecule has 122 valence electrons. The van der Waals surface area contributed by atoms with Crippen LogP contribution in [0, 0.1) is 6.92 Å². The molecule has 0 bridgehead atoms. The molecule has 1 aliphatic rings. The summed E-state index contributed by atoms with van der Waals surface area (Å²) in [4.78, 5) is 0. The Bertz CT molecular complexity index is 568. The van der Waals surface area contributed by atoms with Gasteiger partial charge in [0, 0.05) is 6.42 Å². The van der Waals surface area contributed by atoms with Crippen LogP contribution >= 0.6 is 0 Å². The molecule has 0 spiro atoms. The molecular weight excluding hydrogens is 304 g/mol. The summed E-state index contributed by atoms with van der Waals surface area (Å²) in [5.74, 6) is 0.257. The van der Waals surface area contributed by atoms with Gasteiger partial charge >= 0.3 is 0 Å². The summed E-state index contributed by atoms with van der Waals surface area (Å²) in [7, 11) is 0. The van der Waals surface area contributed by atoms with E-state index in [4.69, 9.17) is 14.2 Å². The Morgan fingerprint density at radius 1 is 1.50 bits per heavy atom. The van der Waals surface area contributed by atoms with Crippen molar-refractivity contribution in [3.05, 3.63) is 34.7 Å². The van der Waals surface area contributed by atoms with Crippen LogP contribution < -0.4 is 4.74 Å². The van der Waals surface area contributed by atoms with Crippen molar-refractivity contribution in [3.63, 3.8) is 0 Å². The molecule has 1 heterocycles. The lowest BCUT2D eigenvalue weighted by atomic mass is 10.1. The first kappa shape index (κ1) is 17.1. The smallest absolute Gasteiger partial charge is 0.163 e. The van der Waals surface area contributed by atoms with Crippen molar-refractivity contribution in [1.29, 1.82) is 0 Å². The van der Waals surface area contributed by atoms with Gasteiger partial charge in [-0.25, -0.2) is 0 Å². The van der Waals surface area contributed by atoms with E-state index >= 15 is 0 Å². The Balaban J connectivity index is 1.84. The second-order valence-corrected chi connectivity index (χ2v) is 6.46. The molecule has 0 amide bonds. The lowest BCUT2D eigenvalue weighted by Gasteiger charge is -2.17. The van der Waals surface area contributed by atoms with Crippen LogP contribution in [0.2, 0.25) is 0 Å². The van der Waals surface area contributed by atoms with Gasteiger partial charge in [0.25, 0.3) is 0 Å². The summed E-state index contributed by atoms with van der Waals surface area (Å²) in [6.45, 7) is 6.85. The normalized spacial score (nSPS) is 22.1. The van der Waals surface area contributed by atoms with Gasteiger partial charge in [-0.15, -0.1) is 0 Å². The Morgan fingerprint density at radius 2 is 2.27 bits per heavy atom. The maximum atomic E-state index is 10.5. The SMILES string of the molecule is Cc1cc(OCCC2COC(C)(C)O2)ccc1/C=C/S(=O)[O-]. The summed E-state index contributed by atoms with van der Waals surface area (Å²) < 4.78 is 38.0. The summed E-state index contributed by atoms with van der Waals surface area (Å²) in [6, 6.07) is 5.56. The van der Waals surface area contributed by atoms with E-state index < -0.39 is 16.9 Å².